The van der Waals surface area contributed by atoms with E-state index in [0.29, 0.717) is 12.3 Å². The van der Waals surface area contributed by atoms with Crippen molar-refractivity contribution in [1.29, 1.82) is 0 Å². The van der Waals surface area contributed by atoms with Crippen LogP contribution in [0.4, 0.5) is 0 Å². The van der Waals surface area contributed by atoms with Crippen molar-refractivity contribution in [3.8, 4) is 0 Å². The molecule has 1 atom stereocenters. The van der Waals surface area contributed by atoms with Gasteiger partial charge in [-0.2, -0.15) is 0 Å². The van der Waals surface area contributed by atoms with E-state index in [9.17, 15) is 0 Å². The molecule has 0 spiro atoms. The van der Waals surface area contributed by atoms with Gasteiger partial charge in [0.15, 0.2) is 11.5 Å². The molecule has 1 unspecified atom stereocenters. The maximum absolute atomic E-state index is 5.89. The van der Waals surface area contributed by atoms with E-state index in [4.69, 9.17) is 11.6 Å². The van der Waals surface area contributed by atoms with Crippen LogP contribution in [0.2, 0.25) is 0 Å². The first-order chi connectivity index (χ1) is 9.72. The van der Waals surface area contributed by atoms with Crippen LogP contribution >= 0.6 is 11.6 Å². The van der Waals surface area contributed by atoms with E-state index in [1.807, 2.05) is 23.7 Å². The molecule has 0 aliphatic rings. The van der Waals surface area contributed by atoms with Gasteiger partial charge in [-0.05, 0) is 19.1 Å². The Balaban J connectivity index is 2.18. The zero-order chi connectivity index (χ0) is 14.1. The second-order valence-corrected chi connectivity index (χ2v) is 5.04. The van der Waals surface area contributed by atoms with Crippen LogP contribution in [0.15, 0.2) is 24.7 Å². The second kappa shape index (κ2) is 5.20. The van der Waals surface area contributed by atoms with E-state index >= 15 is 0 Å². The predicted octanol–water partition coefficient (Wildman–Crippen LogP) is 1.95. The number of hydrogen-bond acceptors (Lipinski definition) is 4. The van der Waals surface area contributed by atoms with Crippen LogP contribution in [0.25, 0.3) is 11.2 Å². The fourth-order valence-corrected chi connectivity index (χ4v) is 2.60. The number of aryl methyl sites for hydroxylation is 2. The van der Waals surface area contributed by atoms with E-state index in [1.165, 1.54) is 0 Å². The third-order valence-corrected chi connectivity index (χ3v) is 3.54. The number of fused-ring (bicyclic) bond motifs is 1. The van der Waals surface area contributed by atoms with E-state index in [-0.39, 0.29) is 6.04 Å². The van der Waals surface area contributed by atoms with E-state index in [1.54, 1.807) is 12.5 Å². The highest BCUT2D eigenvalue weighted by Gasteiger charge is 2.20. The Morgan fingerprint density at radius 3 is 2.95 bits per heavy atom. The van der Waals surface area contributed by atoms with Crippen LogP contribution in [0, 0.1) is 0 Å². The molecule has 20 heavy (non-hydrogen) atoms. The lowest BCUT2D eigenvalue weighted by atomic mass is 10.3. The summed E-state index contributed by atoms with van der Waals surface area (Å²) in [6, 6.07) is 3.84. The minimum Gasteiger partial charge on any atom is -0.319 e. The number of aromatic nitrogens is 6. The minimum atomic E-state index is 0.000571. The Kier molecular flexibility index (Phi) is 3.40. The maximum Gasteiger partial charge on any atom is 0.160 e. The molecule has 104 valence electrons. The molecular formula is C13H15ClN6. The van der Waals surface area contributed by atoms with Gasteiger partial charge in [-0.1, -0.05) is 0 Å². The Bertz CT molecular complexity index is 731. The normalized spacial score (nSPS) is 12.9. The van der Waals surface area contributed by atoms with Gasteiger partial charge in [0.1, 0.15) is 17.7 Å². The molecule has 3 aromatic heterocycles. The standard InChI is InChI=1S/C13H15ClN6/c1-9(12-18-16-8-19(12)2)20-11(5-6-14)17-10-4-3-7-15-13(10)20/h3-4,7-9H,5-6H2,1-2H3. The Labute approximate surface area is 121 Å². The fraction of sp³-hybridized carbons (Fsp3) is 0.385. The van der Waals surface area contributed by atoms with Crippen molar-refractivity contribution >= 4 is 22.8 Å². The largest absolute Gasteiger partial charge is 0.319 e. The quantitative estimate of drug-likeness (QED) is 0.689. The summed E-state index contributed by atoms with van der Waals surface area (Å²) in [6.45, 7) is 2.07. The van der Waals surface area contributed by atoms with Gasteiger partial charge < -0.3 is 9.13 Å². The molecule has 0 N–H and O–H groups in total. The third kappa shape index (κ3) is 2.06. The minimum absolute atomic E-state index is 0.000571. The van der Waals surface area contributed by atoms with Gasteiger partial charge in [0.25, 0.3) is 0 Å². The lowest BCUT2D eigenvalue weighted by Gasteiger charge is -2.15. The molecule has 0 aliphatic carbocycles. The predicted molar refractivity (Wildman–Crippen MR) is 76.8 cm³/mol. The molecule has 3 rings (SSSR count). The van der Waals surface area contributed by atoms with Gasteiger partial charge >= 0.3 is 0 Å². The number of hydrogen-bond donors (Lipinski definition) is 0. The van der Waals surface area contributed by atoms with Crippen LogP contribution in [0.5, 0.6) is 0 Å². The number of alkyl halides is 1. The van der Waals surface area contributed by atoms with Gasteiger partial charge in [0.05, 0.1) is 6.04 Å². The lowest BCUT2D eigenvalue weighted by molar-refractivity contribution is 0.562. The lowest BCUT2D eigenvalue weighted by Crippen LogP contribution is -2.15. The highest BCUT2D eigenvalue weighted by molar-refractivity contribution is 6.17. The first-order valence-corrected chi connectivity index (χ1v) is 6.97. The van der Waals surface area contributed by atoms with Crippen molar-refractivity contribution in [2.75, 3.05) is 5.88 Å². The van der Waals surface area contributed by atoms with Gasteiger partial charge in [0.2, 0.25) is 0 Å². The first-order valence-electron chi connectivity index (χ1n) is 6.44. The molecule has 3 aromatic rings. The number of rotatable bonds is 4. The molecule has 0 saturated heterocycles. The molecule has 0 bridgehead atoms. The van der Waals surface area contributed by atoms with Crippen LogP contribution in [0.3, 0.4) is 0 Å². The molecule has 0 aliphatic heterocycles. The summed E-state index contributed by atoms with van der Waals surface area (Å²) in [5.41, 5.74) is 1.73. The van der Waals surface area contributed by atoms with E-state index in [2.05, 4.69) is 31.7 Å². The van der Waals surface area contributed by atoms with Crippen molar-refractivity contribution in [2.24, 2.45) is 7.05 Å². The number of halogens is 1. The zero-order valence-electron chi connectivity index (χ0n) is 11.4. The number of pyridine rings is 1. The van der Waals surface area contributed by atoms with E-state index < -0.39 is 0 Å². The van der Waals surface area contributed by atoms with Gasteiger partial charge in [0, 0.05) is 25.5 Å². The summed E-state index contributed by atoms with van der Waals surface area (Å²) in [5, 5.41) is 8.12. The maximum atomic E-state index is 5.89. The van der Waals surface area contributed by atoms with Crippen LogP contribution in [0.1, 0.15) is 24.6 Å². The summed E-state index contributed by atoms with van der Waals surface area (Å²) in [5.74, 6) is 2.31. The molecule has 0 aromatic carbocycles. The molecule has 3 heterocycles. The van der Waals surface area contributed by atoms with Crippen LogP contribution in [-0.4, -0.2) is 35.2 Å². The number of imidazole rings is 1. The second-order valence-electron chi connectivity index (χ2n) is 4.66. The van der Waals surface area contributed by atoms with Crippen molar-refractivity contribution in [3.05, 3.63) is 36.3 Å². The van der Waals surface area contributed by atoms with Gasteiger partial charge in [-0.15, -0.1) is 21.8 Å². The van der Waals surface area contributed by atoms with Crippen LogP contribution in [-0.2, 0) is 13.5 Å². The average Bonchev–Trinajstić information content (AvgIpc) is 3.02. The molecular weight excluding hydrogens is 276 g/mol. The van der Waals surface area contributed by atoms with Gasteiger partial charge in [-0.25, -0.2) is 9.97 Å². The highest BCUT2D eigenvalue weighted by Crippen LogP contribution is 2.23. The average molecular weight is 291 g/mol. The van der Waals surface area contributed by atoms with Crippen molar-refractivity contribution in [1.82, 2.24) is 29.3 Å². The van der Waals surface area contributed by atoms with Crippen molar-refractivity contribution in [2.45, 2.75) is 19.4 Å². The Morgan fingerprint density at radius 1 is 1.40 bits per heavy atom. The smallest absolute Gasteiger partial charge is 0.160 e. The molecule has 0 amide bonds. The SMILES string of the molecule is CC(c1nncn1C)n1c(CCCl)nc2cccnc21. The summed E-state index contributed by atoms with van der Waals surface area (Å²) in [6.07, 6.45) is 4.16. The van der Waals surface area contributed by atoms with Crippen LogP contribution < -0.4 is 0 Å². The highest BCUT2D eigenvalue weighted by atomic mass is 35.5. The number of nitrogens with zero attached hydrogens (tertiary/aromatic N) is 6. The monoisotopic (exact) mass is 290 g/mol. The third-order valence-electron chi connectivity index (χ3n) is 3.35. The summed E-state index contributed by atoms with van der Waals surface area (Å²) in [4.78, 5) is 9.07. The topological polar surface area (TPSA) is 61.4 Å². The summed E-state index contributed by atoms with van der Waals surface area (Å²) >= 11 is 5.89. The molecule has 7 heteroatoms. The summed E-state index contributed by atoms with van der Waals surface area (Å²) in [7, 11) is 1.93. The van der Waals surface area contributed by atoms with Crippen molar-refractivity contribution in [3.63, 3.8) is 0 Å². The fourth-order valence-electron chi connectivity index (χ4n) is 2.43. The molecule has 0 radical (unpaired) electrons. The zero-order valence-corrected chi connectivity index (χ0v) is 12.1. The Hall–Kier alpha value is -1.95. The molecule has 6 nitrogen and oxygen atoms in total. The summed E-state index contributed by atoms with van der Waals surface area (Å²) < 4.78 is 3.99. The van der Waals surface area contributed by atoms with Crippen molar-refractivity contribution < 1.29 is 0 Å². The molecule has 0 saturated carbocycles. The van der Waals surface area contributed by atoms with E-state index in [0.717, 1.165) is 22.8 Å². The first kappa shape index (κ1) is 13.1. The molecule has 0 fully saturated rings. The Morgan fingerprint density at radius 2 is 2.25 bits per heavy atom. The van der Waals surface area contributed by atoms with Gasteiger partial charge in [-0.3, -0.25) is 0 Å².